The first-order valence-electron chi connectivity index (χ1n) is 6.15. The molecule has 1 rings (SSSR count). The summed E-state index contributed by atoms with van der Waals surface area (Å²) in [5.41, 5.74) is 0.977. The van der Waals surface area contributed by atoms with Crippen molar-refractivity contribution in [1.29, 1.82) is 0 Å². The number of benzene rings is 1. The second kappa shape index (κ2) is 9.65. The predicted molar refractivity (Wildman–Crippen MR) is 77.4 cm³/mol. The second-order valence-corrected chi connectivity index (χ2v) is 4.33. The third kappa shape index (κ3) is 6.46. The SMILES string of the molecule is C#CCOc1ccc(Cl)cc1CNCCNCCO. The molecule has 0 heterocycles. The van der Waals surface area contributed by atoms with E-state index in [9.17, 15) is 0 Å². The second-order valence-electron chi connectivity index (χ2n) is 3.90. The number of hydrogen-bond acceptors (Lipinski definition) is 4. The van der Waals surface area contributed by atoms with Gasteiger partial charge in [0.1, 0.15) is 12.4 Å². The number of terminal acetylenes is 1. The molecule has 4 nitrogen and oxygen atoms in total. The number of halogens is 1. The Morgan fingerprint density at radius 2 is 2.05 bits per heavy atom. The van der Waals surface area contributed by atoms with Gasteiger partial charge in [0.25, 0.3) is 0 Å². The Balaban J connectivity index is 2.42. The minimum absolute atomic E-state index is 0.151. The Morgan fingerprint density at radius 3 is 2.79 bits per heavy atom. The molecule has 0 aliphatic rings. The molecule has 0 unspecified atom stereocenters. The summed E-state index contributed by atoms with van der Waals surface area (Å²) in [7, 11) is 0. The maximum Gasteiger partial charge on any atom is 0.148 e. The number of aliphatic hydroxyl groups is 1. The van der Waals surface area contributed by atoms with Crippen LogP contribution in [-0.2, 0) is 6.54 Å². The average molecular weight is 283 g/mol. The third-order valence-electron chi connectivity index (χ3n) is 2.42. The maximum atomic E-state index is 8.62. The molecule has 0 aliphatic heterocycles. The van der Waals surface area contributed by atoms with Gasteiger partial charge in [0.05, 0.1) is 6.61 Å². The third-order valence-corrected chi connectivity index (χ3v) is 2.65. The lowest BCUT2D eigenvalue weighted by Crippen LogP contribution is -2.28. The van der Waals surface area contributed by atoms with Gasteiger partial charge in [0, 0.05) is 36.8 Å². The van der Waals surface area contributed by atoms with E-state index >= 15 is 0 Å². The Morgan fingerprint density at radius 1 is 1.26 bits per heavy atom. The highest BCUT2D eigenvalue weighted by Crippen LogP contribution is 2.22. The Bertz CT molecular complexity index is 418. The van der Waals surface area contributed by atoms with Crippen LogP contribution in [0.4, 0.5) is 0 Å². The quantitative estimate of drug-likeness (QED) is 0.468. The summed E-state index contributed by atoms with van der Waals surface area (Å²) < 4.78 is 5.45. The summed E-state index contributed by atoms with van der Waals surface area (Å²) in [4.78, 5) is 0. The molecule has 0 saturated heterocycles. The van der Waals surface area contributed by atoms with Gasteiger partial charge >= 0.3 is 0 Å². The minimum Gasteiger partial charge on any atom is -0.481 e. The van der Waals surface area contributed by atoms with E-state index in [1.165, 1.54) is 0 Å². The first kappa shape index (κ1) is 15.8. The van der Waals surface area contributed by atoms with Gasteiger partial charge in [-0.05, 0) is 18.2 Å². The van der Waals surface area contributed by atoms with Gasteiger partial charge in [0.2, 0.25) is 0 Å². The van der Waals surface area contributed by atoms with Crippen molar-refractivity contribution in [3.63, 3.8) is 0 Å². The lowest BCUT2D eigenvalue weighted by Gasteiger charge is -2.11. The molecule has 0 fully saturated rings. The zero-order valence-electron chi connectivity index (χ0n) is 10.8. The number of nitrogens with one attached hydrogen (secondary N) is 2. The average Bonchev–Trinajstić information content (AvgIpc) is 2.42. The summed E-state index contributed by atoms with van der Waals surface area (Å²) in [6.07, 6.45) is 5.18. The molecule has 3 N–H and O–H groups in total. The van der Waals surface area contributed by atoms with E-state index < -0.39 is 0 Å². The highest BCUT2D eigenvalue weighted by molar-refractivity contribution is 6.30. The van der Waals surface area contributed by atoms with E-state index in [-0.39, 0.29) is 13.2 Å². The maximum absolute atomic E-state index is 8.62. The first-order chi connectivity index (χ1) is 9.27. The van der Waals surface area contributed by atoms with Crippen LogP contribution < -0.4 is 15.4 Å². The lowest BCUT2D eigenvalue weighted by atomic mass is 10.2. The van der Waals surface area contributed by atoms with Gasteiger partial charge in [-0.15, -0.1) is 6.42 Å². The van der Waals surface area contributed by atoms with E-state index in [2.05, 4.69) is 16.6 Å². The first-order valence-corrected chi connectivity index (χ1v) is 6.52. The Hall–Kier alpha value is -1.25. The molecule has 0 bridgehead atoms. The van der Waals surface area contributed by atoms with Gasteiger partial charge in [-0.1, -0.05) is 17.5 Å². The molecule has 19 heavy (non-hydrogen) atoms. The predicted octanol–water partition coefficient (Wildman–Crippen LogP) is 1.02. The van der Waals surface area contributed by atoms with Crippen LogP contribution in [0.25, 0.3) is 0 Å². The molecule has 0 radical (unpaired) electrons. The van der Waals surface area contributed by atoms with Crippen molar-refractivity contribution in [2.75, 3.05) is 32.8 Å². The van der Waals surface area contributed by atoms with E-state index in [1.54, 1.807) is 6.07 Å². The van der Waals surface area contributed by atoms with Gasteiger partial charge in [0.15, 0.2) is 0 Å². The largest absolute Gasteiger partial charge is 0.481 e. The molecule has 0 saturated carbocycles. The van der Waals surface area contributed by atoms with Gasteiger partial charge in [-0.2, -0.15) is 0 Å². The normalized spacial score (nSPS) is 10.2. The van der Waals surface area contributed by atoms with Gasteiger partial charge < -0.3 is 20.5 Å². The standard InChI is InChI=1S/C14H19ClN2O2/c1-2-9-19-14-4-3-13(15)10-12(14)11-17-6-5-16-7-8-18/h1,3-4,10,16-18H,5-9,11H2. The number of aliphatic hydroxyl groups excluding tert-OH is 1. The summed E-state index contributed by atoms with van der Waals surface area (Å²) in [5, 5.41) is 15.6. The van der Waals surface area contributed by atoms with Crippen LogP contribution >= 0.6 is 11.6 Å². The van der Waals surface area contributed by atoms with Crippen molar-refractivity contribution >= 4 is 11.6 Å². The summed E-state index contributed by atoms with van der Waals surface area (Å²) in [6, 6.07) is 5.46. The number of hydrogen-bond donors (Lipinski definition) is 3. The van der Waals surface area contributed by atoms with Crippen LogP contribution in [0.3, 0.4) is 0 Å². The molecule has 104 valence electrons. The number of ether oxygens (including phenoxy) is 1. The molecular formula is C14H19ClN2O2. The molecule has 0 amide bonds. The molecule has 1 aromatic rings. The topological polar surface area (TPSA) is 53.5 Å². The number of rotatable bonds is 9. The fraction of sp³-hybridized carbons (Fsp3) is 0.429. The fourth-order valence-corrected chi connectivity index (χ4v) is 1.74. The molecule has 5 heteroatoms. The van der Waals surface area contributed by atoms with Crippen LogP contribution in [0.2, 0.25) is 5.02 Å². The van der Waals surface area contributed by atoms with E-state index in [1.807, 2.05) is 12.1 Å². The van der Waals surface area contributed by atoms with Crippen molar-refractivity contribution in [3.05, 3.63) is 28.8 Å². The van der Waals surface area contributed by atoms with Gasteiger partial charge in [-0.25, -0.2) is 0 Å². The van der Waals surface area contributed by atoms with Crippen LogP contribution in [0, 0.1) is 12.3 Å². The highest BCUT2D eigenvalue weighted by Gasteiger charge is 2.04. The van der Waals surface area contributed by atoms with E-state index in [0.717, 1.165) is 24.4 Å². The van der Waals surface area contributed by atoms with Crippen molar-refractivity contribution in [2.45, 2.75) is 6.54 Å². The van der Waals surface area contributed by atoms with Crippen molar-refractivity contribution < 1.29 is 9.84 Å². The van der Waals surface area contributed by atoms with E-state index in [4.69, 9.17) is 27.9 Å². The summed E-state index contributed by atoms with van der Waals surface area (Å²) in [5.74, 6) is 3.19. The van der Waals surface area contributed by atoms with Gasteiger partial charge in [-0.3, -0.25) is 0 Å². The molecular weight excluding hydrogens is 264 g/mol. The zero-order chi connectivity index (χ0) is 13.9. The fourth-order valence-electron chi connectivity index (χ4n) is 1.55. The van der Waals surface area contributed by atoms with Crippen molar-refractivity contribution in [1.82, 2.24) is 10.6 Å². The van der Waals surface area contributed by atoms with Crippen molar-refractivity contribution in [2.24, 2.45) is 0 Å². The lowest BCUT2D eigenvalue weighted by molar-refractivity contribution is 0.292. The van der Waals surface area contributed by atoms with Crippen LogP contribution in [0.15, 0.2) is 18.2 Å². The summed E-state index contributed by atoms with van der Waals surface area (Å²) >= 11 is 5.97. The van der Waals surface area contributed by atoms with Crippen LogP contribution in [0.1, 0.15) is 5.56 Å². The monoisotopic (exact) mass is 282 g/mol. The Labute approximate surface area is 119 Å². The minimum atomic E-state index is 0.151. The highest BCUT2D eigenvalue weighted by atomic mass is 35.5. The van der Waals surface area contributed by atoms with Crippen LogP contribution in [-0.4, -0.2) is 38.0 Å². The summed E-state index contributed by atoms with van der Waals surface area (Å²) in [6.45, 7) is 3.24. The van der Waals surface area contributed by atoms with Crippen LogP contribution in [0.5, 0.6) is 5.75 Å². The van der Waals surface area contributed by atoms with Crippen molar-refractivity contribution in [3.8, 4) is 18.1 Å². The zero-order valence-corrected chi connectivity index (χ0v) is 11.5. The Kier molecular flexibility index (Phi) is 8.03. The molecule has 0 spiro atoms. The molecule has 1 aromatic carbocycles. The molecule has 0 atom stereocenters. The smallest absolute Gasteiger partial charge is 0.148 e. The molecule has 0 aromatic heterocycles. The van der Waals surface area contributed by atoms with E-state index in [0.29, 0.717) is 18.1 Å². The molecule has 0 aliphatic carbocycles.